The third-order valence-electron chi connectivity index (χ3n) is 8.57. The van der Waals surface area contributed by atoms with E-state index in [1.54, 1.807) is 24.3 Å². The van der Waals surface area contributed by atoms with Crippen molar-refractivity contribution in [3.05, 3.63) is 112 Å². The summed E-state index contributed by atoms with van der Waals surface area (Å²) in [5.74, 6) is -1.69. The van der Waals surface area contributed by atoms with Crippen molar-refractivity contribution in [1.29, 1.82) is 0 Å². The van der Waals surface area contributed by atoms with Gasteiger partial charge in [-0.3, -0.25) is 15.6 Å². The first kappa shape index (κ1) is 39.9. The number of alkyl halides is 4. The van der Waals surface area contributed by atoms with Gasteiger partial charge in [-0.25, -0.2) is 37.5 Å². The van der Waals surface area contributed by atoms with E-state index in [4.69, 9.17) is 23.2 Å². The molecule has 0 atom stereocenters. The fourth-order valence-corrected chi connectivity index (χ4v) is 5.60. The van der Waals surface area contributed by atoms with Gasteiger partial charge in [0, 0.05) is 42.3 Å². The Morgan fingerprint density at radius 1 is 0.741 bits per heavy atom. The number of hydrogen-bond acceptors (Lipinski definition) is 10. The summed E-state index contributed by atoms with van der Waals surface area (Å²) in [6, 6.07) is 9.17. The predicted molar refractivity (Wildman–Crippen MR) is 194 cm³/mol. The van der Waals surface area contributed by atoms with Crippen molar-refractivity contribution >= 4 is 58.1 Å². The Morgan fingerprint density at radius 2 is 1.22 bits per heavy atom. The molecule has 2 aliphatic carbocycles. The zero-order valence-electron chi connectivity index (χ0n) is 27.3. The van der Waals surface area contributed by atoms with E-state index >= 15 is 0 Å². The molecular formula is C35H32Cl2F6N10O. The molecule has 2 aromatic heterocycles. The quantitative estimate of drug-likeness (QED) is 0.0835. The molecule has 3 heterocycles. The van der Waals surface area contributed by atoms with Crippen LogP contribution in [0.5, 0.6) is 0 Å². The lowest BCUT2D eigenvalue weighted by Gasteiger charge is -2.18. The van der Waals surface area contributed by atoms with Gasteiger partial charge in [0.05, 0.1) is 32.5 Å². The number of anilines is 2. The van der Waals surface area contributed by atoms with E-state index in [9.17, 15) is 31.1 Å². The average molecular weight is 794 g/mol. The second kappa shape index (κ2) is 16.4. The molecule has 0 radical (unpaired) electrons. The summed E-state index contributed by atoms with van der Waals surface area (Å²) in [5, 5.41) is 13.8. The summed E-state index contributed by atoms with van der Waals surface area (Å²) in [6.07, 6.45) is 3.44. The van der Waals surface area contributed by atoms with Crippen molar-refractivity contribution in [2.24, 2.45) is 10.2 Å². The molecule has 284 valence electrons. The smallest absolute Gasteiger partial charge is 0.317 e. The van der Waals surface area contributed by atoms with Crippen molar-refractivity contribution < 1.29 is 31.1 Å². The van der Waals surface area contributed by atoms with E-state index in [0.29, 0.717) is 28.7 Å². The summed E-state index contributed by atoms with van der Waals surface area (Å²) in [6.45, 7) is 3.62. The standard InChI is InChI=1S/C17H15ClF3N5O.C17H13ClF3N5.CH4/c1-9(25-26-15(27)14(20)21)10-7-22-16(23-8-10)24-17(4-5-17)11-2-3-13(19)12(18)6-11;18-11-5-10(1-2-12(11)19)17(3-4-17)24-16-22-7-9(8-23-16)13-6-14(15(20)21)26-25-13;/h2-3,6-8,14,25H,1,4-5H2,(H,26,27)(H,22,23,24);1-2,5,7-8,15H,3-4,6H2,(H,22,23,24);1H4. The van der Waals surface area contributed by atoms with Crippen LogP contribution in [0.1, 0.15) is 61.8 Å². The van der Waals surface area contributed by atoms with Gasteiger partial charge in [-0.05, 0) is 61.1 Å². The van der Waals surface area contributed by atoms with Crippen LogP contribution >= 0.6 is 23.2 Å². The first-order valence-corrected chi connectivity index (χ1v) is 16.6. The maximum Gasteiger partial charge on any atom is 0.317 e. The van der Waals surface area contributed by atoms with Gasteiger partial charge in [-0.15, -0.1) is 0 Å². The van der Waals surface area contributed by atoms with Crippen LogP contribution in [-0.2, 0) is 15.9 Å². The summed E-state index contributed by atoms with van der Waals surface area (Å²) >= 11 is 11.7. The van der Waals surface area contributed by atoms with Gasteiger partial charge >= 0.3 is 12.3 Å². The van der Waals surface area contributed by atoms with Gasteiger partial charge in [0.25, 0.3) is 6.43 Å². The van der Waals surface area contributed by atoms with E-state index in [1.165, 1.54) is 36.9 Å². The highest BCUT2D eigenvalue weighted by atomic mass is 35.5. The Morgan fingerprint density at radius 3 is 1.63 bits per heavy atom. The highest BCUT2D eigenvalue weighted by molar-refractivity contribution is 6.31. The molecule has 3 aliphatic rings. The number of carbonyl (C=O) groups excluding carboxylic acids is 1. The number of aromatic nitrogens is 4. The minimum absolute atomic E-state index is 0. The molecule has 1 aliphatic heterocycles. The maximum atomic E-state index is 13.4. The summed E-state index contributed by atoms with van der Waals surface area (Å²) in [5.41, 5.74) is 6.29. The number of amides is 1. The van der Waals surface area contributed by atoms with Gasteiger partial charge in [-0.1, -0.05) is 49.3 Å². The summed E-state index contributed by atoms with van der Waals surface area (Å²) in [4.78, 5) is 27.6. The zero-order chi connectivity index (χ0) is 37.9. The van der Waals surface area contributed by atoms with Crippen molar-refractivity contribution in [3.63, 3.8) is 0 Å². The van der Waals surface area contributed by atoms with Crippen molar-refractivity contribution in [1.82, 2.24) is 30.8 Å². The van der Waals surface area contributed by atoms with Crippen LogP contribution in [0.15, 0.2) is 78.0 Å². The van der Waals surface area contributed by atoms with Gasteiger partial charge in [0.15, 0.2) is 0 Å². The lowest BCUT2D eigenvalue weighted by Crippen LogP contribution is -2.39. The average Bonchev–Trinajstić information content (AvgIpc) is 4.06. The topological polar surface area (TPSA) is 141 Å². The molecule has 4 N–H and O–H groups in total. The van der Waals surface area contributed by atoms with Crippen LogP contribution in [0.4, 0.5) is 38.2 Å². The zero-order valence-corrected chi connectivity index (χ0v) is 28.8. The van der Waals surface area contributed by atoms with Crippen molar-refractivity contribution in [2.45, 2.75) is 63.5 Å². The number of nitrogens with one attached hydrogen (secondary N) is 4. The molecule has 7 rings (SSSR count). The van der Waals surface area contributed by atoms with Gasteiger partial charge in [0.2, 0.25) is 11.9 Å². The Labute approximate surface area is 315 Å². The number of benzene rings is 2. The Hall–Kier alpha value is -5.29. The molecule has 0 saturated heterocycles. The fourth-order valence-electron chi connectivity index (χ4n) is 5.24. The molecule has 2 aromatic carbocycles. The first-order chi connectivity index (χ1) is 25.3. The Kier molecular flexibility index (Phi) is 12.1. The van der Waals surface area contributed by atoms with E-state index in [2.05, 4.69) is 52.8 Å². The number of halogens is 8. The summed E-state index contributed by atoms with van der Waals surface area (Å²) in [7, 11) is 0. The van der Waals surface area contributed by atoms with Crippen LogP contribution in [0.25, 0.3) is 5.70 Å². The molecule has 2 fully saturated rings. The Balaban J connectivity index is 0.000000204. The number of carbonyl (C=O) groups is 1. The number of hydrazine groups is 1. The van der Waals surface area contributed by atoms with Crippen LogP contribution < -0.4 is 21.5 Å². The third-order valence-corrected chi connectivity index (χ3v) is 9.15. The molecule has 0 bridgehead atoms. The predicted octanol–water partition coefficient (Wildman–Crippen LogP) is 8.05. The first-order valence-electron chi connectivity index (χ1n) is 15.8. The molecule has 0 unspecified atom stereocenters. The number of hydrogen-bond donors (Lipinski definition) is 4. The van der Waals surface area contributed by atoms with Crippen molar-refractivity contribution in [3.8, 4) is 0 Å². The van der Waals surface area contributed by atoms with Gasteiger partial charge in [-0.2, -0.15) is 19.0 Å². The van der Waals surface area contributed by atoms with Crippen LogP contribution in [0.2, 0.25) is 10.0 Å². The molecule has 0 spiro atoms. The van der Waals surface area contributed by atoms with E-state index in [0.717, 1.165) is 36.8 Å². The SMILES string of the molecule is C.C=C(NNC(=O)C(F)F)c1cnc(NC2(c3ccc(F)c(Cl)c3)CC2)nc1.Fc1ccc(C2(Nc3ncc(C4=NN=C(C(F)F)C4)cn3)CC2)cc1Cl. The van der Waals surface area contributed by atoms with E-state index in [1.807, 2.05) is 5.43 Å². The molecule has 11 nitrogen and oxygen atoms in total. The van der Waals surface area contributed by atoms with E-state index < -0.39 is 35.9 Å². The minimum atomic E-state index is -3.14. The molecule has 1 amide bonds. The van der Waals surface area contributed by atoms with Gasteiger partial charge in [0.1, 0.15) is 17.3 Å². The maximum absolute atomic E-state index is 13.4. The lowest BCUT2D eigenvalue weighted by molar-refractivity contribution is -0.132. The molecule has 4 aromatic rings. The van der Waals surface area contributed by atoms with Crippen LogP contribution in [0, 0.1) is 11.6 Å². The number of rotatable bonds is 12. The third kappa shape index (κ3) is 9.25. The molecular weight excluding hydrogens is 761 g/mol. The normalized spacial score (nSPS) is 15.9. The Bertz CT molecular complexity index is 2080. The second-order valence-electron chi connectivity index (χ2n) is 12.3. The van der Waals surface area contributed by atoms with E-state index in [-0.39, 0.29) is 40.8 Å². The summed E-state index contributed by atoms with van der Waals surface area (Å²) < 4.78 is 76.2. The van der Waals surface area contributed by atoms with Crippen LogP contribution in [-0.4, -0.2) is 50.1 Å². The molecule has 2 saturated carbocycles. The number of nitrogens with zero attached hydrogens (tertiary/aromatic N) is 6. The fraction of sp³-hybridized carbons (Fsp3) is 0.286. The monoisotopic (exact) mass is 792 g/mol. The molecule has 54 heavy (non-hydrogen) atoms. The highest BCUT2D eigenvalue weighted by Gasteiger charge is 2.46. The highest BCUT2D eigenvalue weighted by Crippen LogP contribution is 2.49. The largest absolute Gasteiger partial charge is 0.345 e. The van der Waals surface area contributed by atoms with Gasteiger partial charge < -0.3 is 10.6 Å². The second-order valence-corrected chi connectivity index (χ2v) is 13.1. The molecule has 19 heteroatoms. The minimum Gasteiger partial charge on any atom is -0.345 e. The van der Waals surface area contributed by atoms with Crippen molar-refractivity contribution in [2.75, 3.05) is 10.6 Å². The lowest BCUT2D eigenvalue weighted by atomic mass is 10.1. The van der Waals surface area contributed by atoms with Crippen LogP contribution in [0.3, 0.4) is 0 Å².